The van der Waals surface area contributed by atoms with Crippen LogP contribution in [-0.4, -0.2) is 48.4 Å². The molecule has 1 aliphatic heterocycles. The SMILES string of the molecule is CCCOc1nc(NC)nc(OCC2CCOCC2)n1. The first-order valence-corrected chi connectivity index (χ1v) is 7.09. The molecular weight excluding hydrogens is 260 g/mol. The number of hydrogen-bond acceptors (Lipinski definition) is 7. The highest BCUT2D eigenvalue weighted by atomic mass is 16.5. The Hall–Kier alpha value is -1.63. The summed E-state index contributed by atoms with van der Waals surface area (Å²) < 4.78 is 16.4. The summed E-state index contributed by atoms with van der Waals surface area (Å²) in [7, 11) is 1.75. The van der Waals surface area contributed by atoms with Gasteiger partial charge >= 0.3 is 12.0 Å². The van der Waals surface area contributed by atoms with E-state index in [1.54, 1.807) is 7.05 Å². The number of ether oxygens (including phenoxy) is 3. The van der Waals surface area contributed by atoms with Crippen molar-refractivity contribution in [3.63, 3.8) is 0 Å². The molecule has 0 atom stereocenters. The fourth-order valence-corrected chi connectivity index (χ4v) is 1.88. The highest BCUT2D eigenvalue weighted by molar-refractivity contribution is 5.26. The van der Waals surface area contributed by atoms with E-state index in [4.69, 9.17) is 14.2 Å². The van der Waals surface area contributed by atoms with Gasteiger partial charge < -0.3 is 19.5 Å². The van der Waals surface area contributed by atoms with Crippen LogP contribution >= 0.6 is 0 Å². The first-order chi connectivity index (χ1) is 9.81. The van der Waals surface area contributed by atoms with Crippen LogP contribution in [0.5, 0.6) is 12.0 Å². The van der Waals surface area contributed by atoms with Crippen LogP contribution in [0.3, 0.4) is 0 Å². The Kier molecular flexibility index (Phi) is 5.79. The van der Waals surface area contributed by atoms with Gasteiger partial charge in [0, 0.05) is 20.3 Å². The number of rotatable bonds is 7. The Morgan fingerprint density at radius 2 is 1.85 bits per heavy atom. The van der Waals surface area contributed by atoms with Gasteiger partial charge in [-0.1, -0.05) is 6.92 Å². The van der Waals surface area contributed by atoms with E-state index in [0.29, 0.717) is 37.1 Å². The smallest absolute Gasteiger partial charge is 0.324 e. The maximum atomic E-state index is 5.67. The third kappa shape index (κ3) is 4.48. The molecule has 0 aromatic carbocycles. The molecule has 0 radical (unpaired) electrons. The maximum absolute atomic E-state index is 5.67. The predicted molar refractivity (Wildman–Crippen MR) is 74.2 cm³/mol. The van der Waals surface area contributed by atoms with Gasteiger partial charge in [0.1, 0.15) is 0 Å². The minimum Gasteiger partial charge on any atom is -0.463 e. The fourth-order valence-electron chi connectivity index (χ4n) is 1.88. The largest absolute Gasteiger partial charge is 0.463 e. The van der Waals surface area contributed by atoms with Crippen LogP contribution in [0.4, 0.5) is 5.95 Å². The normalized spacial score (nSPS) is 15.9. The molecular formula is C13H22N4O3. The number of nitrogens with zero attached hydrogens (tertiary/aromatic N) is 3. The van der Waals surface area contributed by atoms with Crippen molar-refractivity contribution in [2.45, 2.75) is 26.2 Å². The summed E-state index contributed by atoms with van der Waals surface area (Å²) in [5, 5.41) is 2.88. The zero-order valence-corrected chi connectivity index (χ0v) is 12.1. The van der Waals surface area contributed by atoms with Crippen molar-refractivity contribution >= 4 is 5.95 Å². The summed E-state index contributed by atoms with van der Waals surface area (Å²) in [4.78, 5) is 12.5. The van der Waals surface area contributed by atoms with Crippen LogP contribution in [0.1, 0.15) is 26.2 Å². The molecule has 7 heteroatoms. The van der Waals surface area contributed by atoms with E-state index < -0.39 is 0 Å². The Morgan fingerprint density at radius 1 is 1.15 bits per heavy atom. The minimum absolute atomic E-state index is 0.299. The second-order valence-corrected chi connectivity index (χ2v) is 4.69. The molecule has 2 heterocycles. The minimum atomic E-state index is 0.299. The molecule has 0 unspecified atom stereocenters. The molecule has 0 aliphatic carbocycles. The lowest BCUT2D eigenvalue weighted by Crippen LogP contribution is -2.22. The van der Waals surface area contributed by atoms with Crippen molar-refractivity contribution in [1.29, 1.82) is 0 Å². The van der Waals surface area contributed by atoms with Crippen LogP contribution in [0, 0.1) is 5.92 Å². The fraction of sp³-hybridized carbons (Fsp3) is 0.769. The Morgan fingerprint density at radius 3 is 2.50 bits per heavy atom. The molecule has 0 saturated carbocycles. The van der Waals surface area contributed by atoms with Gasteiger partial charge in [0.15, 0.2) is 0 Å². The van der Waals surface area contributed by atoms with Gasteiger partial charge in [-0.05, 0) is 25.2 Å². The van der Waals surface area contributed by atoms with E-state index in [2.05, 4.69) is 20.3 Å². The average molecular weight is 282 g/mol. The van der Waals surface area contributed by atoms with Gasteiger partial charge in [-0.25, -0.2) is 0 Å². The van der Waals surface area contributed by atoms with Crippen molar-refractivity contribution in [3.8, 4) is 12.0 Å². The Labute approximate surface area is 119 Å². The van der Waals surface area contributed by atoms with Crippen molar-refractivity contribution in [2.75, 3.05) is 38.8 Å². The molecule has 1 fully saturated rings. The first-order valence-electron chi connectivity index (χ1n) is 7.09. The second-order valence-electron chi connectivity index (χ2n) is 4.69. The molecule has 1 aliphatic rings. The molecule has 0 spiro atoms. The van der Waals surface area contributed by atoms with Crippen molar-refractivity contribution in [3.05, 3.63) is 0 Å². The molecule has 7 nitrogen and oxygen atoms in total. The van der Waals surface area contributed by atoms with Crippen molar-refractivity contribution in [2.24, 2.45) is 5.92 Å². The summed E-state index contributed by atoms with van der Waals surface area (Å²) in [5.74, 6) is 0.951. The Balaban J connectivity index is 1.94. The number of hydrogen-bond donors (Lipinski definition) is 1. The summed E-state index contributed by atoms with van der Waals surface area (Å²) in [5.41, 5.74) is 0. The lowest BCUT2D eigenvalue weighted by Gasteiger charge is -2.21. The van der Waals surface area contributed by atoms with Gasteiger partial charge in [-0.3, -0.25) is 0 Å². The second kappa shape index (κ2) is 7.84. The number of anilines is 1. The zero-order chi connectivity index (χ0) is 14.2. The van der Waals surface area contributed by atoms with E-state index in [9.17, 15) is 0 Å². The summed E-state index contributed by atoms with van der Waals surface area (Å²) in [6.07, 6.45) is 2.94. The molecule has 2 rings (SSSR count). The highest BCUT2D eigenvalue weighted by Gasteiger charge is 2.16. The topological polar surface area (TPSA) is 78.4 Å². The van der Waals surface area contributed by atoms with Crippen molar-refractivity contribution in [1.82, 2.24) is 15.0 Å². The van der Waals surface area contributed by atoms with Gasteiger partial charge in [0.05, 0.1) is 13.2 Å². The summed E-state index contributed by atoms with van der Waals surface area (Å²) in [6.45, 7) is 4.81. The zero-order valence-electron chi connectivity index (χ0n) is 12.1. The third-order valence-corrected chi connectivity index (χ3v) is 3.04. The molecule has 1 saturated heterocycles. The predicted octanol–water partition coefficient (Wildman–Crippen LogP) is 1.51. The van der Waals surface area contributed by atoms with Gasteiger partial charge in [0.2, 0.25) is 5.95 Å². The van der Waals surface area contributed by atoms with Crippen LogP contribution < -0.4 is 14.8 Å². The molecule has 20 heavy (non-hydrogen) atoms. The van der Waals surface area contributed by atoms with Crippen LogP contribution in [-0.2, 0) is 4.74 Å². The molecule has 0 amide bonds. The van der Waals surface area contributed by atoms with Gasteiger partial charge in [-0.2, -0.15) is 9.97 Å². The van der Waals surface area contributed by atoms with E-state index in [1.165, 1.54) is 0 Å². The van der Waals surface area contributed by atoms with Gasteiger partial charge in [-0.15, -0.1) is 4.98 Å². The molecule has 1 N–H and O–H groups in total. The summed E-state index contributed by atoms with van der Waals surface area (Å²) >= 11 is 0. The summed E-state index contributed by atoms with van der Waals surface area (Å²) in [6, 6.07) is 0.607. The van der Waals surface area contributed by atoms with E-state index in [1.807, 2.05) is 6.92 Å². The van der Waals surface area contributed by atoms with E-state index in [-0.39, 0.29) is 0 Å². The first kappa shape index (κ1) is 14.8. The Bertz CT molecular complexity index is 411. The molecule has 112 valence electrons. The average Bonchev–Trinajstić information content (AvgIpc) is 2.51. The van der Waals surface area contributed by atoms with Crippen LogP contribution in [0.2, 0.25) is 0 Å². The van der Waals surface area contributed by atoms with Crippen molar-refractivity contribution < 1.29 is 14.2 Å². The third-order valence-electron chi connectivity index (χ3n) is 3.04. The quantitative estimate of drug-likeness (QED) is 0.812. The monoisotopic (exact) mass is 282 g/mol. The lowest BCUT2D eigenvalue weighted by molar-refractivity contribution is 0.0480. The number of aromatic nitrogens is 3. The van der Waals surface area contributed by atoms with E-state index >= 15 is 0 Å². The lowest BCUT2D eigenvalue weighted by atomic mass is 10.0. The highest BCUT2D eigenvalue weighted by Crippen LogP contribution is 2.17. The van der Waals surface area contributed by atoms with Crippen LogP contribution in [0.15, 0.2) is 0 Å². The molecule has 1 aromatic rings. The molecule has 1 aromatic heterocycles. The van der Waals surface area contributed by atoms with E-state index in [0.717, 1.165) is 32.5 Å². The van der Waals surface area contributed by atoms with Crippen LogP contribution in [0.25, 0.3) is 0 Å². The maximum Gasteiger partial charge on any atom is 0.324 e. The number of nitrogens with one attached hydrogen (secondary N) is 1. The van der Waals surface area contributed by atoms with Gasteiger partial charge in [0.25, 0.3) is 0 Å². The molecule has 0 bridgehead atoms. The standard InChI is InChI=1S/C13H22N4O3/c1-3-6-19-12-15-11(14-2)16-13(17-12)20-9-10-4-7-18-8-5-10/h10H,3-9H2,1-2H3,(H,14,15,16,17).